The standard InChI is InChI=1S/C14H27N3O/c1-15-10-12-16(13-11-15)9-6-14(18)17-7-4-2-3-5-8-17/h2-13H2,1H3. The molecule has 0 aromatic rings. The Morgan fingerprint density at radius 3 is 2.11 bits per heavy atom. The van der Waals surface area contributed by atoms with Crippen molar-refractivity contribution in [1.82, 2.24) is 14.7 Å². The summed E-state index contributed by atoms with van der Waals surface area (Å²) < 4.78 is 0. The molecule has 4 nitrogen and oxygen atoms in total. The predicted octanol–water partition coefficient (Wildman–Crippen LogP) is 1.03. The van der Waals surface area contributed by atoms with Gasteiger partial charge in [0.1, 0.15) is 0 Å². The van der Waals surface area contributed by atoms with Crippen molar-refractivity contribution in [2.24, 2.45) is 0 Å². The first-order valence-electron chi connectivity index (χ1n) is 7.44. The summed E-state index contributed by atoms with van der Waals surface area (Å²) in [6.45, 7) is 7.43. The van der Waals surface area contributed by atoms with Crippen LogP contribution in [-0.4, -0.2) is 73.5 Å². The van der Waals surface area contributed by atoms with Gasteiger partial charge in [-0.25, -0.2) is 0 Å². The quantitative estimate of drug-likeness (QED) is 0.751. The Bertz CT molecular complexity index is 254. The average Bonchev–Trinajstić information content (AvgIpc) is 2.66. The third-order valence-electron chi connectivity index (χ3n) is 4.20. The highest BCUT2D eigenvalue weighted by atomic mass is 16.2. The number of carbonyl (C=O) groups excluding carboxylic acids is 1. The molecular formula is C14H27N3O. The second-order valence-electron chi connectivity index (χ2n) is 5.69. The lowest BCUT2D eigenvalue weighted by Gasteiger charge is -2.32. The van der Waals surface area contributed by atoms with Gasteiger partial charge in [0.15, 0.2) is 0 Å². The van der Waals surface area contributed by atoms with Crippen molar-refractivity contribution < 1.29 is 4.79 Å². The highest BCUT2D eigenvalue weighted by Gasteiger charge is 2.18. The van der Waals surface area contributed by atoms with Gasteiger partial charge >= 0.3 is 0 Å². The second-order valence-corrected chi connectivity index (χ2v) is 5.69. The number of carbonyl (C=O) groups is 1. The maximum atomic E-state index is 12.1. The van der Waals surface area contributed by atoms with Crippen molar-refractivity contribution in [1.29, 1.82) is 0 Å². The first kappa shape index (κ1) is 13.8. The van der Waals surface area contributed by atoms with Crippen LogP contribution in [0, 0.1) is 0 Å². The summed E-state index contributed by atoms with van der Waals surface area (Å²) in [5.41, 5.74) is 0. The Morgan fingerprint density at radius 1 is 0.889 bits per heavy atom. The number of hydrogen-bond donors (Lipinski definition) is 0. The van der Waals surface area contributed by atoms with Crippen LogP contribution in [0.5, 0.6) is 0 Å². The molecule has 0 aromatic heterocycles. The van der Waals surface area contributed by atoms with Crippen LogP contribution in [0.1, 0.15) is 32.1 Å². The SMILES string of the molecule is CN1CCN(CCC(=O)N2CCCCCC2)CC1. The molecule has 2 fully saturated rings. The molecule has 18 heavy (non-hydrogen) atoms. The smallest absolute Gasteiger partial charge is 0.223 e. The van der Waals surface area contributed by atoms with E-state index in [0.717, 1.165) is 45.8 Å². The second kappa shape index (κ2) is 7.10. The van der Waals surface area contributed by atoms with Gasteiger partial charge in [0.05, 0.1) is 0 Å². The average molecular weight is 253 g/mol. The molecule has 0 bridgehead atoms. The fourth-order valence-electron chi connectivity index (χ4n) is 2.80. The van der Waals surface area contributed by atoms with Crippen molar-refractivity contribution in [3.8, 4) is 0 Å². The van der Waals surface area contributed by atoms with Crippen molar-refractivity contribution in [2.45, 2.75) is 32.1 Å². The summed E-state index contributed by atoms with van der Waals surface area (Å²) in [4.78, 5) is 19.0. The van der Waals surface area contributed by atoms with Crippen LogP contribution in [0.4, 0.5) is 0 Å². The molecule has 0 N–H and O–H groups in total. The molecule has 0 spiro atoms. The molecule has 2 aliphatic heterocycles. The van der Waals surface area contributed by atoms with E-state index >= 15 is 0 Å². The number of amides is 1. The first-order valence-corrected chi connectivity index (χ1v) is 7.44. The van der Waals surface area contributed by atoms with Crippen molar-refractivity contribution in [2.75, 3.05) is 52.9 Å². The van der Waals surface area contributed by atoms with Gasteiger partial charge in [0.25, 0.3) is 0 Å². The predicted molar refractivity (Wildman–Crippen MR) is 73.6 cm³/mol. The van der Waals surface area contributed by atoms with E-state index in [1.54, 1.807) is 0 Å². The molecule has 2 saturated heterocycles. The van der Waals surface area contributed by atoms with Gasteiger partial charge in [-0.05, 0) is 19.9 Å². The normalized spacial score (nSPS) is 23.9. The third kappa shape index (κ3) is 4.25. The maximum absolute atomic E-state index is 12.1. The molecule has 2 rings (SSSR count). The van der Waals surface area contributed by atoms with Crippen LogP contribution in [0.2, 0.25) is 0 Å². The lowest BCUT2D eigenvalue weighted by atomic mass is 10.2. The molecule has 0 saturated carbocycles. The molecule has 0 aliphatic carbocycles. The van der Waals surface area contributed by atoms with Crippen LogP contribution in [0.25, 0.3) is 0 Å². The number of rotatable bonds is 3. The van der Waals surface area contributed by atoms with Crippen LogP contribution < -0.4 is 0 Å². The molecule has 0 aromatic carbocycles. The fourth-order valence-corrected chi connectivity index (χ4v) is 2.80. The van der Waals surface area contributed by atoms with Gasteiger partial charge in [-0.2, -0.15) is 0 Å². The Morgan fingerprint density at radius 2 is 1.50 bits per heavy atom. The van der Waals surface area contributed by atoms with Crippen LogP contribution in [0.3, 0.4) is 0 Å². The van der Waals surface area contributed by atoms with E-state index < -0.39 is 0 Å². The molecular weight excluding hydrogens is 226 g/mol. The topological polar surface area (TPSA) is 26.8 Å². The molecule has 0 unspecified atom stereocenters. The van der Waals surface area contributed by atoms with E-state index in [1.165, 1.54) is 25.7 Å². The number of hydrogen-bond acceptors (Lipinski definition) is 3. The van der Waals surface area contributed by atoms with E-state index in [9.17, 15) is 4.79 Å². The lowest BCUT2D eigenvalue weighted by molar-refractivity contribution is -0.131. The Hall–Kier alpha value is -0.610. The van der Waals surface area contributed by atoms with Gasteiger partial charge < -0.3 is 14.7 Å². The fraction of sp³-hybridized carbons (Fsp3) is 0.929. The molecule has 0 atom stereocenters. The Balaban J connectivity index is 1.67. The Kier molecular flexibility index (Phi) is 5.45. The summed E-state index contributed by atoms with van der Waals surface area (Å²) in [5, 5.41) is 0. The van der Waals surface area contributed by atoms with Crippen LogP contribution in [0.15, 0.2) is 0 Å². The summed E-state index contributed by atoms with van der Waals surface area (Å²) in [6.07, 6.45) is 5.69. The summed E-state index contributed by atoms with van der Waals surface area (Å²) >= 11 is 0. The van der Waals surface area contributed by atoms with Crippen molar-refractivity contribution in [3.05, 3.63) is 0 Å². The number of piperazine rings is 1. The number of likely N-dealkylation sites (N-methyl/N-ethyl adjacent to an activating group) is 1. The van der Waals surface area contributed by atoms with Crippen LogP contribution in [-0.2, 0) is 4.79 Å². The van der Waals surface area contributed by atoms with Gasteiger partial charge in [-0.1, -0.05) is 12.8 Å². The highest BCUT2D eigenvalue weighted by molar-refractivity contribution is 5.76. The molecule has 4 heteroatoms. The van der Waals surface area contributed by atoms with E-state index in [2.05, 4.69) is 21.7 Å². The highest BCUT2D eigenvalue weighted by Crippen LogP contribution is 2.11. The summed E-state index contributed by atoms with van der Waals surface area (Å²) in [5.74, 6) is 0.371. The summed E-state index contributed by atoms with van der Waals surface area (Å²) in [7, 11) is 2.17. The van der Waals surface area contributed by atoms with Gasteiger partial charge in [0, 0.05) is 52.2 Å². The zero-order valence-corrected chi connectivity index (χ0v) is 11.7. The minimum Gasteiger partial charge on any atom is -0.343 e. The zero-order chi connectivity index (χ0) is 12.8. The van der Waals surface area contributed by atoms with E-state index in [-0.39, 0.29) is 0 Å². The van der Waals surface area contributed by atoms with Crippen molar-refractivity contribution >= 4 is 5.91 Å². The molecule has 1 amide bonds. The summed E-state index contributed by atoms with van der Waals surface area (Å²) in [6, 6.07) is 0. The number of nitrogens with zero attached hydrogens (tertiary/aromatic N) is 3. The van der Waals surface area contributed by atoms with Gasteiger partial charge in [-0.15, -0.1) is 0 Å². The number of likely N-dealkylation sites (tertiary alicyclic amines) is 1. The minimum atomic E-state index is 0.371. The van der Waals surface area contributed by atoms with Gasteiger partial charge in [0.2, 0.25) is 5.91 Å². The minimum absolute atomic E-state index is 0.371. The van der Waals surface area contributed by atoms with Crippen molar-refractivity contribution in [3.63, 3.8) is 0 Å². The van der Waals surface area contributed by atoms with E-state index in [1.807, 2.05) is 0 Å². The largest absolute Gasteiger partial charge is 0.343 e. The third-order valence-corrected chi connectivity index (χ3v) is 4.20. The Labute approximate surface area is 111 Å². The first-order chi connectivity index (χ1) is 8.75. The lowest BCUT2D eigenvalue weighted by Crippen LogP contribution is -2.45. The molecule has 2 aliphatic rings. The monoisotopic (exact) mass is 253 g/mol. The molecule has 2 heterocycles. The maximum Gasteiger partial charge on any atom is 0.223 e. The molecule has 0 radical (unpaired) electrons. The molecule has 104 valence electrons. The van der Waals surface area contributed by atoms with Gasteiger partial charge in [-0.3, -0.25) is 4.79 Å². The van der Waals surface area contributed by atoms with Crippen LogP contribution >= 0.6 is 0 Å². The van der Waals surface area contributed by atoms with E-state index in [4.69, 9.17) is 0 Å². The van der Waals surface area contributed by atoms with E-state index in [0.29, 0.717) is 12.3 Å². The zero-order valence-electron chi connectivity index (χ0n) is 11.7.